The topological polar surface area (TPSA) is 64.7 Å². The van der Waals surface area contributed by atoms with Gasteiger partial charge in [0.1, 0.15) is 5.52 Å². The first-order chi connectivity index (χ1) is 11.4. The van der Waals surface area contributed by atoms with E-state index in [4.69, 9.17) is 4.42 Å². The monoisotopic (exact) mass is 298 g/mol. The van der Waals surface area contributed by atoms with Crippen LogP contribution in [0.3, 0.4) is 0 Å². The van der Waals surface area contributed by atoms with Gasteiger partial charge in [-0.05, 0) is 24.3 Å². The van der Waals surface area contributed by atoms with Crippen LogP contribution in [-0.4, -0.2) is 19.9 Å². The lowest BCUT2D eigenvalue weighted by molar-refractivity contribution is 0.652. The summed E-state index contributed by atoms with van der Waals surface area (Å²) in [6.07, 6.45) is 3.25. The molecule has 0 spiro atoms. The predicted octanol–water partition coefficient (Wildman–Crippen LogP) is 3.99. The Morgan fingerprint density at radius 2 is 1.52 bits per heavy atom. The second-order valence-electron chi connectivity index (χ2n) is 5.24. The van der Waals surface area contributed by atoms with Crippen LogP contribution < -0.4 is 0 Å². The van der Waals surface area contributed by atoms with Gasteiger partial charge in [0.2, 0.25) is 5.71 Å². The van der Waals surface area contributed by atoms with Crippen molar-refractivity contribution < 1.29 is 4.42 Å². The zero-order chi connectivity index (χ0) is 15.2. The molecule has 5 aromatic rings. The summed E-state index contributed by atoms with van der Waals surface area (Å²) in [6.45, 7) is 0. The smallest absolute Gasteiger partial charge is 0.247 e. The molecule has 108 valence electrons. The average Bonchev–Trinajstić information content (AvgIpc) is 2.99. The van der Waals surface area contributed by atoms with Crippen molar-refractivity contribution in [3.05, 3.63) is 60.9 Å². The molecule has 0 bridgehead atoms. The number of rotatable bonds is 1. The van der Waals surface area contributed by atoms with Gasteiger partial charge in [0.25, 0.3) is 0 Å². The maximum absolute atomic E-state index is 5.66. The summed E-state index contributed by atoms with van der Waals surface area (Å²) in [6, 6.07) is 15.8. The molecular formula is C18H10N4O. The van der Waals surface area contributed by atoms with Gasteiger partial charge in [-0.15, -0.1) is 0 Å². The molecule has 23 heavy (non-hydrogen) atoms. The second-order valence-corrected chi connectivity index (χ2v) is 5.24. The van der Waals surface area contributed by atoms with Gasteiger partial charge in [0.05, 0.1) is 16.9 Å². The van der Waals surface area contributed by atoms with Crippen LogP contribution in [0.5, 0.6) is 0 Å². The highest BCUT2D eigenvalue weighted by Gasteiger charge is 2.12. The zero-order valence-corrected chi connectivity index (χ0v) is 12.0. The largest absolute Gasteiger partial charge is 0.435 e. The van der Waals surface area contributed by atoms with E-state index >= 15 is 0 Å². The summed E-state index contributed by atoms with van der Waals surface area (Å²) < 4.78 is 5.66. The lowest BCUT2D eigenvalue weighted by Gasteiger charge is -2.02. The minimum atomic E-state index is 0.499. The molecule has 0 aliphatic carbocycles. The van der Waals surface area contributed by atoms with Gasteiger partial charge in [-0.1, -0.05) is 24.3 Å². The molecular weight excluding hydrogens is 288 g/mol. The number of fused-ring (bicyclic) bond motifs is 4. The SMILES string of the molecule is c1ccc2nc(-c3ccc4oc5nccnc5c4n3)ccc2c1. The van der Waals surface area contributed by atoms with Crippen molar-refractivity contribution >= 4 is 33.2 Å². The first kappa shape index (κ1) is 12.2. The molecule has 0 saturated carbocycles. The van der Waals surface area contributed by atoms with Gasteiger partial charge in [-0.2, -0.15) is 0 Å². The van der Waals surface area contributed by atoms with Gasteiger partial charge in [0, 0.05) is 17.8 Å². The minimum absolute atomic E-state index is 0.499. The Bertz CT molecular complexity index is 1180. The third kappa shape index (κ3) is 1.87. The molecule has 0 atom stereocenters. The molecule has 0 fully saturated rings. The summed E-state index contributed by atoms with van der Waals surface area (Å²) in [5, 5.41) is 1.11. The molecule has 5 heteroatoms. The van der Waals surface area contributed by atoms with E-state index in [0.29, 0.717) is 22.3 Å². The summed E-state index contributed by atoms with van der Waals surface area (Å²) in [5.74, 6) is 0. The molecule has 0 N–H and O–H groups in total. The lowest BCUT2D eigenvalue weighted by atomic mass is 10.1. The van der Waals surface area contributed by atoms with Crippen molar-refractivity contribution in [2.75, 3.05) is 0 Å². The van der Waals surface area contributed by atoms with Crippen LogP contribution >= 0.6 is 0 Å². The van der Waals surface area contributed by atoms with Crippen molar-refractivity contribution in [3.8, 4) is 11.4 Å². The fourth-order valence-corrected chi connectivity index (χ4v) is 2.72. The number of benzene rings is 1. The van der Waals surface area contributed by atoms with Crippen molar-refractivity contribution in [3.63, 3.8) is 0 Å². The third-order valence-electron chi connectivity index (χ3n) is 3.81. The Labute approximate surface area is 130 Å². The minimum Gasteiger partial charge on any atom is -0.435 e. The number of para-hydroxylation sites is 1. The molecule has 4 heterocycles. The van der Waals surface area contributed by atoms with Gasteiger partial charge in [0.15, 0.2) is 11.1 Å². The number of nitrogens with zero attached hydrogens (tertiary/aromatic N) is 4. The number of pyridine rings is 2. The van der Waals surface area contributed by atoms with E-state index in [0.717, 1.165) is 22.3 Å². The van der Waals surface area contributed by atoms with E-state index in [1.807, 2.05) is 42.5 Å². The quantitative estimate of drug-likeness (QED) is 0.468. The Morgan fingerprint density at radius 1 is 0.696 bits per heavy atom. The fraction of sp³-hybridized carbons (Fsp3) is 0. The van der Waals surface area contributed by atoms with Crippen LogP contribution in [0.2, 0.25) is 0 Å². The van der Waals surface area contributed by atoms with Crippen molar-refractivity contribution in [1.29, 1.82) is 0 Å². The molecule has 4 aromatic heterocycles. The highest BCUT2D eigenvalue weighted by Crippen LogP contribution is 2.27. The normalized spacial score (nSPS) is 11.5. The van der Waals surface area contributed by atoms with Gasteiger partial charge < -0.3 is 4.42 Å². The van der Waals surface area contributed by atoms with Crippen LogP contribution in [0.1, 0.15) is 0 Å². The van der Waals surface area contributed by atoms with Crippen LogP contribution in [0.25, 0.3) is 44.6 Å². The molecule has 0 amide bonds. The molecule has 1 aromatic carbocycles. The first-order valence-electron chi connectivity index (χ1n) is 7.25. The Morgan fingerprint density at radius 3 is 2.52 bits per heavy atom. The fourth-order valence-electron chi connectivity index (χ4n) is 2.72. The second kappa shape index (κ2) is 4.58. The number of furan rings is 1. The summed E-state index contributed by atoms with van der Waals surface area (Å²) in [4.78, 5) is 17.9. The molecule has 0 radical (unpaired) electrons. The summed E-state index contributed by atoms with van der Waals surface area (Å²) in [7, 11) is 0. The molecule has 5 nitrogen and oxygen atoms in total. The van der Waals surface area contributed by atoms with Crippen LogP contribution in [0.4, 0.5) is 0 Å². The molecule has 5 rings (SSSR count). The van der Waals surface area contributed by atoms with E-state index in [9.17, 15) is 0 Å². The van der Waals surface area contributed by atoms with Gasteiger partial charge >= 0.3 is 0 Å². The Balaban J connectivity index is 1.76. The summed E-state index contributed by atoms with van der Waals surface area (Å²) in [5.41, 5.74) is 5.12. The van der Waals surface area contributed by atoms with Crippen molar-refractivity contribution in [2.45, 2.75) is 0 Å². The van der Waals surface area contributed by atoms with E-state index in [2.05, 4.69) is 26.0 Å². The average molecular weight is 298 g/mol. The molecule has 0 unspecified atom stereocenters. The predicted molar refractivity (Wildman–Crippen MR) is 87.8 cm³/mol. The third-order valence-corrected chi connectivity index (χ3v) is 3.81. The van der Waals surface area contributed by atoms with E-state index in [1.54, 1.807) is 12.4 Å². The Hall–Kier alpha value is -3.34. The molecule has 0 aliphatic heterocycles. The van der Waals surface area contributed by atoms with E-state index in [1.165, 1.54) is 0 Å². The van der Waals surface area contributed by atoms with Crippen LogP contribution in [0, 0.1) is 0 Å². The number of hydrogen-bond acceptors (Lipinski definition) is 5. The van der Waals surface area contributed by atoms with Crippen molar-refractivity contribution in [2.24, 2.45) is 0 Å². The zero-order valence-electron chi connectivity index (χ0n) is 12.0. The maximum Gasteiger partial charge on any atom is 0.247 e. The van der Waals surface area contributed by atoms with Crippen LogP contribution in [-0.2, 0) is 0 Å². The molecule has 0 aliphatic rings. The lowest BCUT2D eigenvalue weighted by Crippen LogP contribution is -1.89. The highest BCUT2D eigenvalue weighted by molar-refractivity contribution is 5.98. The standard InChI is InChI=1S/C18H10N4O/c1-2-4-12-11(3-1)5-6-13(21-12)14-7-8-15-16(22-14)17-18(23-15)20-10-9-19-17/h1-10H. The van der Waals surface area contributed by atoms with E-state index in [-0.39, 0.29) is 0 Å². The van der Waals surface area contributed by atoms with Crippen LogP contribution in [0.15, 0.2) is 65.3 Å². The number of hydrogen-bond donors (Lipinski definition) is 0. The van der Waals surface area contributed by atoms with Crippen molar-refractivity contribution in [1.82, 2.24) is 19.9 Å². The Kier molecular flexibility index (Phi) is 2.43. The maximum atomic E-state index is 5.66. The van der Waals surface area contributed by atoms with Gasteiger partial charge in [-0.25, -0.2) is 19.9 Å². The van der Waals surface area contributed by atoms with Gasteiger partial charge in [-0.3, -0.25) is 0 Å². The summed E-state index contributed by atoms with van der Waals surface area (Å²) >= 11 is 0. The number of aromatic nitrogens is 4. The molecule has 0 saturated heterocycles. The highest BCUT2D eigenvalue weighted by atomic mass is 16.3. The van der Waals surface area contributed by atoms with E-state index < -0.39 is 0 Å². The first-order valence-corrected chi connectivity index (χ1v) is 7.25.